The maximum atomic E-state index is 12.9. The summed E-state index contributed by atoms with van der Waals surface area (Å²) in [5.41, 5.74) is 2.24. The van der Waals surface area contributed by atoms with Gasteiger partial charge in [0, 0.05) is 5.56 Å². The molecule has 0 bridgehead atoms. The number of phenolic OH excluding ortho intramolecular Hbond substituents is 1. The number of imide groups is 1. The molecular weight excluding hydrogens is 356 g/mol. The first-order valence-corrected chi connectivity index (χ1v) is 8.65. The maximum Gasteiger partial charge on any atom is 0.266 e. The number of para-hydroxylation sites is 3. The maximum absolute atomic E-state index is 12.9. The Balaban J connectivity index is 1.67. The van der Waals surface area contributed by atoms with E-state index in [9.17, 15) is 19.5 Å². The first kappa shape index (κ1) is 17.5. The quantitative estimate of drug-likeness (QED) is 0.541. The van der Waals surface area contributed by atoms with Gasteiger partial charge in [0.2, 0.25) is 0 Å². The van der Waals surface area contributed by atoms with Crippen LogP contribution in [0.15, 0.2) is 66.7 Å². The third-order valence-corrected chi connectivity index (χ3v) is 4.66. The van der Waals surface area contributed by atoms with Crippen molar-refractivity contribution in [3.63, 3.8) is 0 Å². The zero-order valence-corrected chi connectivity index (χ0v) is 15.0. The number of nitrogens with one attached hydrogen (secondary N) is 1. The van der Waals surface area contributed by atoms with Crippen molar-refractivity contribution in [2.45, 2.75) is 6.92 Å². The van der Waals surface area contributed by atoms with Gasteiger partial charge in [0.25, 0.3) is 17.7 Å². The van der Waals surface area contributed by atoms with Gasteiger partial charge in [-0.05, 0) is 48.9 Å². The second-order valence-electron chi connectivity index (χ2n) is 6.46. The first-order chi connectivity index (χ1) is 13.5. The van der Waals surface area contributed by atoms with E-state index in [0.29, 0.717) is 5.69 Å². The minimum Gasteiger partial charge on any atom is -0.506 e. The molecule has 3 aromatic rings. The number of anilines is 2. The molecule has 0 radical (unpaired) electrons. The molecule has 3 aromatic carbocycles. The molecule has 28 heavy (non-hydrogen) atoms. The zero-order chi connectivity index (χ0) is 19.8. The number of hydrogen-bond donors (Lipinski definition) is 2. The molecule has 0 aromatic heterocycles. The Labute approximate surface area is 161 Å². The molecule has 0 atom stereocenters. The summed E-state index contributed by atoms with van der Waals surface area (Å²) in [5.74, 6) is -1.43. The fraction of sp³-hybridized carbons (Fsp3) is 0.0455. The average molecular weight is 372 g/mol. The predicted molar refractivity (Wildman–Crippen MR) is 105 cm³/mol. The van der Waals surface area contributed by atoms with Crippen LogP contribution in [0, 0.1) is 6.92 Å². The summed E-state index contributed by atoms with van der Waals surface area (Å²) >= 11 is 0. The summed E-state index contributed by atoms with van der Waals surface area (Å²) < 4.78 is 0. The van der Waals surface area contributed by atoms with Crippen molar-refractivity contribution >= 4 is 29.1 Å². The van der Waals surface area contributed by atoms with Crippen molar-refractivity contribution in [1.82, 2.24) is 0 Å². The van der Waals surface area contributed by atoms with E-state index in [-0.39, 0.29) is 28.1 Å². The normalized spacial score (nSPS) is 12.8. The Morgan fingerprint density at radius 1 is 0.893 bits per heavy atom. The lowest BCUT2D eigenvalue weighted by atomic mass is 10.1. The first-order valence-electron chi connectivity index (χ1n) is 8.65. The number of rotatable bonds is 3. The van der Waals surface area contributed by atoms with Gasteiger partial charge in [0.1, 0.15) is 5.75 Å². The van der Waals surface area contributed by atoms with Crippen LogP contribution in [0.1, 0.15) is 36.6 Å². The molecule has 0 spiro atoms. The Bertz CT molecular complexity index is 1140. The van der Waals surface area contributed by atoms with Gasteiger partial charge in [0.05, 0.1) is 22.5 Å². The van der Waals surface area contributed by atoms with Crippen LogP contribution in [0.3, 0.4) is 0 Å². The molecule has 0 unspecified atom stereocenters. The molecule has 2 N–H and O–H groups in total. The summed E-state index contributed by atoms with van der Waals surface area (Å²) in [6, 6.07) is 17.8. The molecule has 0 aliphatic carbocycles. The minimum absolute atomic E-state index is 0.0611. The molecule has 4 rings (SSSR count). The van der Waals surface area contributed by atoms with Crippen LogP contribution in [-0.2, 0) is 0 Å². The van der Waals surface area contributed by atoms with E-state index < -0.39 is 17.7 Å². The summed E-state index contributed by atoms with van der Waals surface area (Å²) in [7, 11) is 0. The van der Waals surface area contributed by atoms with E-state index in [1.807, 2.05) is 19.1 Å². The van der Waals surface area contributed by atoms with Gasteiger partial charge in [-0.2, -0.15) is 0 Å². The van der Waals surface area contributed by atoms with E-state index in [4.69, 9.17) is 0 Å². The molecule has 6 nitrogen and oxygen atoms in total. The van der Waals surface area contributed by atoms with Crippen molar-refractivity contribution in [1.29, 1.82) is 0 Å². The Morgan fingerprint density at radius 2 is 1.57 bits per heavy atom. The van der Waals surface area contributed by atoms with Crippen molar-refractivity contribution in [3.8, 4) is 5.75 Å². The number of amides is 3. The van der Waals surface area contributed by atoms with Crippen LogP contribution in [0.5, 0.6) is 5.75 Å². The van der Waals surface area contributed by atoms with E-state index in [0.717, 1.165) is 10.5 Å². The highest BCUT2D eigenvalue weighted by atomic mass is 16.3. The molecule has 0 fully saturated rings. The van der Waals surface area contributed by atoms with E-state index in [1.54, 1.807) is 30.3 Å². The number of carbonyl (C=O) groups is 3. The summed E-state index contributed by atoms with van der Waals surface area (Å²) in [5, 5.41) is 12.4. The Hall–Kier alpha value is -3.93. The van der Waals surface area contributed by atoms with E-state index in [1.165, 1.54) is 24.3 Å². The van der Waals surface area contributed by atoms with E-state index in [2.05, 4.69) is 5.32 Å². The van der Waals surface area contributed by atoms with Crippen molar-refractivity contribution in [3.05, 3.63) is 89.0 Å². The van der Waals surface area contributed by atoms with Crippen molar-refractivity contribution in [2.24, 2.45) is 0 Å². The number of aryl methyl sites for hydroxylation is 1. The monoisotopic (exact) mass is 372 g/mol. The molecule has 0 saturated carbocycles. The van der Waals surface area contributed by atoms with Crippen LogP contribution < -0.4 is 10.2 Å². The SMILES string of the molecule is Cc1ccccc1N1C(=O)c2ccc(C(=O)Nc3ccccc3O)cc2C1=O. The lowest BCUT2D eigenvalue weighted by Crippen LogP contribution is -2.29. The fourth-order valence-electron chi connectivity index (χ4n) is 3.19. The molecule has 3 amide bonds. The van der Waals surface area contributed by atoms with Crippen molar-refractivity contribution < 1.29 is 19.5 Å². The lowest BCUT2D eigenvalue weighted by Gasteiger charge is -2.16. The van der Waals surface area contributed by atoms with Crippen LogP contribution in [0.25, 0.3) is 0 Å². The third kappa shape index (κ3) is 2.81. The number of benzene rings is 3. The number of carbonyl (C=O) groups excluding carboxylic acids is 3. The third-order valence-electron chi connectivity index (χ3n) is 4.66. The topological polar surface area (TPSA) is 86.7 Å². The number of hydrogen-bond acceptors (Lipinski definition) is 4. The van der Waals surface area contributed by atoms with Crippen LogP contribution in [-0.4, -0.2) is 22.8 Å². The number of nitrogens with zero attached hydrogens (tertiary/aromatic N) is 1. The van der Waals surface area contributed by atoms with Gasteiger partial charge in [-0.25, -0.2) is 4.90 Å². The molecule has 1 aliphatic heterocycles. The summed E-state index contributed by atoms with van der Waals surface area (Å²) in [6.07, 6.45) is 0. The molecule has 0 saturated heterocycles. The second-order valence-corrected chi connectivity index (χ2v) is 6.46. The zero-order valence-electron chi connectivity index (χ0n) is 15.0. The molecule has 6 heteroatoms. The second kappa shape index (κ2) is 6.66. The Morgan fingerprint density at radius 3 is 2.32 bits per heavy atom. The number of fused-ring (bicyclic) bond motifs is 1. The molecule has 1 aliphatic rings. The summed E-state index contributed by atoms with van der Waals surface area (Å²) in [6.45, 7) is 1.82. The van der Waals surface area contributed by atoms with Gasteiger partial charge in [-0.15, -0.1) is 0 Å². The van der Waals surface area contributed by atoms with Gasteiger partial charge >= 0.3 is 0 Å². The molecular formula is C22H16N2O4. The van der Waals surface area contributed by atoms with Gasteiger partial charge < -0.3 is 10.4 Å². The van der Waals surface area contributed by atoms with Crippen LogP contribution in [0.2, 0.25) is 0 Å². The summed E-state index contributed by atoms with van der Waals surface area (Å²) in [4.78, 5) is 39.3. The highest BCUT2D eigenvalue weighted by Crippen LogP contribution is 2.31. The van der Waals surface area contributed by atoms with Gasteiger partial charge in [-0.1, -0.05) is 30.3 Å². The average Bonchev–Trinajstić information content (AvgIpc) is 2.94. The van der Waals surface area contributed by atoms with Crippen LogP contribution in [0.4, 0.5) is 11.4 Å². The molecule has 1 heterocycles. The smallest absolute Gasteiger partial charge is 0.266 e. The highest BCUT2D eigenvalue weighted by Gasteiger charge is 2.37. The number of phenols is 1. The minimum atomic E-state index is -0.487. The van der Waals surface area contributed by atoms with Gasteiger partial charge in [0.15, 0.2) is 0 Å². The molecule has 138 valence electrons. The van der Waals surface area contributed by atoms with Gasteiger partial charge in [-0.3, -0.25) is 14.4 Å². The number of aromatic hydroxyl groups is 1. The largest absolute Gasteiger partial charge is 0.506 e. The van der Waals surface area contributed by atoms with E-state index >= 15 is 0 Å². The lowest BCUT2D eigenvalue weighted by molar-refractivity contribution is 0.0925. The standard InChI is InChI=1S/C22H16N2O4/c1-13-6-2-4-8-18(13)24-21(27)15-11-10-14(12-16(15)22(24)28)20(26)23-17-7-3-5-9-19(17)25/h2-12,25H,1H3,(H,23,26). The van der Waals surface area contributed by atoms with Crippen LogP contribution >= 0.6 is 0 Å². The Kier molecular flexibility index (Phi) is 4.16. The fourth-order valence-corrected chi connectivity index (χ4v) is 3.19. The van der Waals surface area contributed by atoms with Crippen molar-refractivity contribution in [2.75, 3.05) is 10.2 Å². The predicted octanol–water partition coefficient (Wildman–Crippen LogP) is 3.75. The highest BCUT2D eigenvalue weighted by molar-refractivity contribution is 6.35.